The van der Waals surface area contributed by atoms with Crippen LogP contribution in [0, 0.1) is 12.7 Å². The number of ether oxygens (including phenoxy) is 1. The lowest BCUT2D eigenvalue weighted by Crippen LogP contribution is -2.32. The van der Waals surface area contributed by atoms with Gasteiger partial charge in [-0.2, -0.15) is 0 Å². The SMILES string of the molecule is Cc1c(Cl)nc2ccc(Br)cc2c1C(=O)NCC(CC(=O)OC(C)(C)C)c1c(F)cccc1Cl. The average molecular weight is 570 g/mol. The van der Waals surface area contributed by atoms with Gasteiger partial charge in [-0.1, -0.05) is 45.2 Å². The van der Waals surface area contributed by atoms with Crippen LogP contribution in [0.15, 0.2) is 40.9 Å². The summed E-state index contributed by atoms with van der Waals surface area (Å²) in [5.74, 6) is -2.26. The molecule has 0 fully saturated rings. The third-order valence-corrected chi connectivity index (χ3v) is 6.30. The predicted octanol–water partition coefficient (Wildman–Crippen LogP) is 7.00. The van der Waals surface area contributed by atoms with Crippen molar-refractivity contribution in [2.45, 2.75) is 45.6 Å². The van der Waals surface area contributed by atoms with Gasteiger partial charge in [0.05, 0.1) is 17.5 Å². The number of amides is 1. The molecule has 180 valence electrons. The van der Waals surface area contributed by atoms with Gasteiger partial charge >= 0.3 is 5.97 Å². The van der Waals surface area contributed by atoms with Crippen LogP contribution in [0.4, 0.5) is 4.39 Å². The van der Waals surface area contributed by atoms with Gasteiger partial charge in [0.1, 0.15) is 16.6 Å². The molecule has 3 rings (SSSR count). The number of rotatable bonds is 6. The minimum absolute atomic E-state index is 0.0480. The van der Waals surface area contributed by atoms with E-state index in [9.17, 15) is 14.0 Å². The van der Waals surface area contributed by atoms with Crippen molar-refractivity contribution in [3.63, 3.8) is 0 Å². The van der Waals surface area contributed by atoms with Crippen LogP contribution in [0.2, 0.25) is 10.2 Å². The Hall–Kier alpha value is -2.22. The van der Waals surface area contributed by atoms with Crippen molar-refractivity contribution in [3.8, 4) is 0 Å². The smallest absolute Gasteiger partial charge is 0.306 e. The minimum atomic E-state index is -0.747. The summed E-state index contributed by atoms with van der Waals surface area (Å²) in [5.41, 5.74) is 0.865. The van der Waals surface area contributed by atoms with Crippen molar-refractivity contribution in [3.05, 3.63) is 73.6 Å². The molecular formula is C25H24BrCl2FN2O3. The molecule has 1 N–H and O–H groups in total. The number of fused-ring (bicyclic) bond motifs is 1. The van der Waals surface area contributed by atoms with E-state index in [1.807, 2.05) is 0 Å². The molecule has 0 bridgehead atoms. The first-order valence-electron chi connectivity index (χ1n) is 10.6. The van der Waals surface area contributed by atoms with Gasteiger partial charge in [-0.15, -0.1) is 0 Å². The van der Waals surface area contributed by atoms with Gasteiger partial charge in [-0.25, -0.2) is 9.37 Å². The Morgan fingerprint density at radius 1 is 1.21 bits per heavy atom. The molecule has 1 amide bonds. The van der Waals surface area contributed by atoms with E-state index in [1.54, 1.807) is 52.0 Å². The molecule has 1 atom stereocenters. The maximum absolute atomic E-state index is 14.7. The molecule has 2 aromatic carbocycles. The third kappa shape index (κ3) is 6.26. The highest BCUT2D eigenvalue weighted by Crippen LogP contribution is 2.32. The zero-order valence-corrected chi connectivity index (χ0v) is 22.2. The lowest BCUT2D eigenvalue weighted by atomic mass is 9.94. The monoisotopic (exact) mass is 568 g/mol. The van der Waals surface area contributed by atoms with E-state index < -0.39 is 29.2 Å². The maximum atomic E-state index is 14.7. The largest absolute Gasteiger partial charge is 0.460 e. The summed E-state index contributed by atoms with van der Waals surface area (Å²) < 4.78 is 20.9. The normalized spacial score (nSPS) is 12.5. The second kappa shape index (κ2) is 10.6. The fraction of sp³-hybridized carbons (Fsp3) is 0.320. The first kappa shape index (κ1) is 26.4. The summed E-state index contributed by atoms with van der Waals surface area (Å²) in [5, 5.41) is 3.82. The van der Waals surface area contributed by atoms with Gasteiger partial charge in [-0.3, -0.25) is 9.59 Å². The Bertz CT molecular complexity index is 1240. The molecule has 0 aliphatic rings. The highest BCUT2D eigenvalue weighted by molar-refractivity contribution is 9.10. The Balaban J connectivity index is 1.94. The maximum Gasteiger partial charge on any atom is 0.306 e. The van der Waals surface area contributed by atoms with E-state index in [2.05, 4.69) is 26.2 Å². The van der Waals surface area contributed by atoms with Gasteiger partial charge in [0.25, 0.3) is 5.91 Å². The Labute approximate surface area is 216 Å². The Kier molecular flexibility index (Phi) is 8.22. The molecular weight excluding hydrogens is 546 g/mol. The van der Waals surface area contributed by atoms with E-state index in [4.69, 9.17) is 27.9 Å². The van der Waals surface area contributed by atoms with Crippen LogP contribution in [0.5, 0.6) is 0 Å². The molecule has 9 heteroatoms. The van der Waals surface area contributed by atoms with E-state index in [-0.39, 0.29) is 28.7 Å². The van der Waals surface area contributed by atoms with E-state index in [1.165, 1.54) is 12.1 Å². The lowest BCUT2D eigenvalue weighted by Gasteiger charge is -2.24. The van der Waals surface area contributed by atoms with Crippen molar-refractivity contribution in [1.82, 2.24) is 10.3 Å². The number of carbonyl (C=O) groups excluding carboxylic acids is 2. The van der Waals surface area contributed by atoms with Crippen molar-refractivity contribution in [2.24, 2.45) is 0 Å². The topological polar surface area (TPSA) is 68.3 Å². The molecule has 34 heavy (non-hydrogen) atoms. The molecule has 0 spiro atoms. The minimum Gasteiger partial charge on any atom is -0.460 e. The van der Waals surface area contributed by atoms with Crippen LogP contribution in [0.25, 0.3) is 10.9 Å². The fourth-order valence-corrected chi connectivity index (χ4v) is 4.52. The first-order valence-corrected chi connectivity index (χ1v) is 12.1. The standard InChI is InChI=1S/C25H24BrCl2FN2O3/c1-13-21(16-11-15(26)8-9-19(16)31-23(13)28)24(33)30-12-14(10-20(32)34-25(2,3)4)22-17(27)6-5-7-18(22)29/h5-9,11,14H,10,12H2,1-4H3,(H,30,33). The van der Waals surface area contributed by atoms with E-state index in [0.717, 1.165) is 4.47 Å². The van der Waals surface area contributed by atoms with Crippen LogP contribution in [-0.2, 0) is 9.53 Å². The molecule has 0 saturated heterocycles. The molecule has 0 saturated carbocycles. The number of benzene rings is 2. The van der Waals surface area contributed by atoms with Crippen molar-refractivity contribution in [2.75, 3.05) is 6.54 Å². The number of nitrogens with one attached hydrogen (secondary N) is 1. The highest BCUT2D eigenvalue weighted by atomic mass is 79.9. The van der Waals surface area contributed by atoms with Crippen LogP contribution in [0.3, 0.4) is 0 Å². The second-order valence-electron chi connectivity index (χ2n) is 8.90. The van der Waals surface area contributed by atoms with E-state index >= 15 is 0 Å². The molecule has 5 nitrogen and oxygen atoms in total. The molecule has 0 radical (unpaired) electrons. The van der Waals surface area contributed by atoms with Crippen LogP contribution in [0.1, 0.15) is 54.6 Å². The fourth-order valence-electron chi connectivity index (χ4n) is 3.66. The summed E-state index contributed by atoms with van der Waals surface area (Å²) in [7, 11) is 0. The highest BCUT2D eigenvalue weighted by Gasteiger charge is 2.27. The number of pyridine rings is 1. The Morgan fingerprint density at radius 2 is 1.91 bits per heavy atom. The summed E-state index contributed by atoms with van der Waals surface area (Å²) in [4.78, 5) is 30.2. The molecule has 3 aromatic rings. The summed E-state index contributed by atoms with van der Waals surface area (Å²) in [6.07, 6.45) is -0.166. The van der Waals surface area contributed by atoms with Crippen LogP contribution in [-0.4, -0.2) is 29.0 Å². The van der Waals surface area contributed by atoms with Crippen molar-refractivity contribution >= 4 is 61.9 Å². The van der Waals surface area contributed by atoms with Crippen molar-refractivity contribution < 1.29 is 18.7 Å². The molecule has 0 aliphatic heterocycles. The third-order valence-electron chi connectivity index (χ3n) is 5.11. The van der Waals surface area contributed by atoms with Crippen LogP contribution >= 0.6 is 39.1 Å². The zero-order chi connectivity index (χ0) is 25.2. The summed E-state index contributed by atoms with van der Waals surface area (Å²) in [6.45, 7) is 6.90. The van der Waals surface area contributed by atoms with E-state index in [0.29, 0.717) is 22.0 Å². The zero-order valence-electron chi connectivity index (χ0n) is 19.1. The number of aromatic nitrogens is 1. The number of hydrogen-bond acceptors (Lipinski definition) is 4. The van der Waals surface area contributed by atoms with Gasteiger partial charge in [0.15, 0.2) is 0 Å². The number of esters is 1. The van der Waals surface area contributed by atoms with Crippen LogP contribution < -0.4 is 5.32 Å². The number of nitrogens with zero attached hydrogens (tertiary/aromatic N) is 1. The van der Waals surface area contributed by atoms with Crippen molar-refractivity contribution in [1.29, 1.82) is 0 Å². The second-order valence-corrected chi connectivity index (χ2v) is 10.6. The molecule has 1 aromatic heterocycles. The number of halogens is 4. The predicted molar refractivity (Wildman–Crippen MR) is 136 cm³/mol. The molecule has 0 aliphatic carbocycles. The summed E-state index contributed by atoms with van der Waals surface area (Å²) in [6, 6.07) is 9.64. The number of carbonyl (C=O) groups is 2. The summed E-state index contributed by atoms with van der Waals surface area (Å²) >= 11 is 16.0. The van der Waals surface area contributed by atoms with Gasteiger partial charge in [0, 0.05) is 32.9 Å². The van der Waals surface area contributed by atoms with Gasteiger partial charge in [0.2, 0.25) is 0 Å². The Morgan fingerprint density at radius 3 is 2.56 bits per heavy atom. The van der Waals surface area contributed by atoms with Gasteiger partial charge in [-0.05, 0) is 63.6 Å². The number of hydrogen-bond donors (Lipinski definition) is 1. The quantitative estimate of drug-likeness (QED) is 0.256. The molecule has 1 unspecified atom stereocenters. The average Bonchev–Trinajstić information content (AvgIpc) is 2.71. The van der Waals surface area contributed by atoms with Gasteiger partial charge < -0.3 is 10.1 Å². The molecule has 1 heterocycles. The lowest BCUT2D eigenvalue weighted by molar-refractivity contribution is -0.155. The first-order chi connectivity index (χ1) is 15.9.